The van der Waals surface area contributed by atoms with Crippen molar-refractivity contribution in [3.63, 3.8) is 0 Å². The van der Waals surface area contributed by atoms with E-state index in [4.69, 9.17) is 0 Å². The molecule has 1 aliphatic carbocycles. The second kappa shape index (κ2) is 5.85. The van der Waals surface area contributed by atoms with Gasteiger partial charge in [-0.05, 0) is 56.9 Å². The van der Waals surface area contributed by atoms with E-state index in [0.29, 0.717) is 16.8 Å². The fourth-order valence-electron chi connectivity index (χ4n) is 2.78. The van der Waals surface area contributed by atoms with Crippen LogP contribution in [0.25, 0.3) is 0 Å². The zero-order valence-electron chi connectivity index (χ0n) is 13.6. The lowest BCUT2D eigenvalue weighted by Crippen LogP contribution is -2.16. The number of hydrogen-bond donors (Lipinski definition) is 2. The van der Waals surface area contributed by atoms with Crippen molar-refractivity contribution in [1.29, 1.82) is 0 Å². The third-order valence-corrected chi connectivity index (χ3v) is 5.48. The van der Waals surface area contributed by atoms with Gasteiger partial charge < -0.3 is 5.32 Å². The summed E-state index contributed by atoms with van der Waals surface area (Å²) in [6.07, 6.45) is 4.02. The van der Waals surface area contributed by atoms with Crippen LogP contribution in [0.5, 0.6) is 0 Å². The van der Waals surface area contributed by atoms with Crippen molar-refractivity contribution in [2.45, 2.75) is 44.6 Å². The summed E-state index contributed by atoms with van der Waals surface area (Å²) >= 11 is 0. The maximum absolute atomic E-state index is 12.7. The molecule has 0 aliphatic heterocycles. The van der Waals surface area contributed by atoms with E-state index in [-0.39, 0.29) is 0 Å². The first-order valence-electron chi connectivity index (χ1n) is 7.68. The van der Waals surface area contributed by atoms with Crippen LogP contribution < -0.4 is 10.0 Å². The molecule has 2 N–H and O–H groups in total. The van der Waals surface area contributed by atoms with E-state index in [1.807, 2.05) is 39.0 Å². The third kappa shape index (κ3) is 3.64. The van der Waals surface area contributed by atoms with Gasteiger partial charge in [0.05, 0.1) is 16.8 Å². The SMILES string of the molecule is Cc1cc(C)c(S(=O)(=O)Nc2ccc(NC3CC3)cn2)c(C)c1. The van der Waals surface area contributed by atoms with E-state index in [1.165, 1.54) is 12.8 Å². The van der Waals surface area contributed by atoms with Gasteiger partial charge in [-0.15, -0.1) is 0 Å². The first-order chi connectivity index (χ1) is 10.8. The van der Waals surface area contributed by atoms with Crippen molar-refractivity contribution in [2.24, 2.45) is 0 Å². The summed E-state index contributed by atoms with van der Waals surface area (Å²) in [6.45, 7) is 5.58. The molecule has 122 valence electrons. The van der Waals surface area contributed by atoms with Crippen molar-refractivity contribution >= 4 is 21.5 Å². The average Bonchev–Trinajstić information content (AvgIpc) is 3.23. The minimum atomic E-state index is -3.65. The molecule has 6 heteroatoms. The molecule has 0 atom stereocenters. The van der Waals surface area contributed by atoms with Crippen molar-refractivity contribution in [2.75, 3.05) is 10.0 Å². The molecule has 0 amide bonds. The lowest BCUT2D eigenvalue weighted by Gasteiger charge is -2.13. The molecule has 0 unspecified atom stereocenters. The van der Waals surface area contributed by atoms with E-state index >= 15 is 0 Å². The normalized spacial score (nSPS) is 14.6. The predicted octanol–water partition coefficient (Wildman–Crippen LogP) is 3.38. The summed E-state index contributed by atoms with van der Waals surface area (Å²) in [6, 6.07) is 7.81. The number of pyridine rings is 1. The van der Waals surface area contributed by atoms with Crippen LogP contribution in [0.2, 0.25) is 0 Å². The summed E-state index contributed by atoms with van der Waals surface area (Å²) in [5.74, 6) is 0.325. The van der Waals surface area contributed by atoms with Gasteiger partial charge in [-0.3, -0.25) is 4.72 Å². The molecule has 3 rings (SSSR count). The predicted molar refractivity (Wildman–Crippen MR) is 92.3 cm³/mol. The van der Waals surface area contributed by atoms with Crippen LogP contribution in [0.15, 0.2) is 35.4 Å². The monoisotopic (exact) mass is 331 g/mol. The first kappa shape index (κ1) is 15.8. The highest BCUT2D eigenvalue weighted by molar-refractivity contribution is 7.92. The van der Waals surface area contributed by atoms with Crippen LogP contribution in [0.3, 0.4) is 0 Å². The van der Waals surface area contributed by atoms with Crippen molar-refractivity contribution in [1.82, 2.24) is 4.98 Å². The van der Waals surface area contributed by atoms with Crippen LogP contribution in [0, 0.1) is 20.8 Å². The molecule has 1 heterocycles. The van der Waals surface area contributed by atoms with E-state index < -0.39 is 10.0 Å². The Balaban J connectivity index is 1.83. The van der Waals surface area contributed by atoms with Crippen molar-refractivity contribution in [3.8, 4) is 0 Å². The molecule has 2 aromatic rings. The molecule has 1 aliphatic rings. The first-order valence-corrected chi connectivity index (χ1v) is 9.17. The zero-order chi connectivity index (χ0) is 16.6. The molecule has 1 aromatic heterocycles. The fourth-order valence-corrected chi connectivity index (χ4v) is 4.25. The number of sulfonamides is 1. The largest absolute Gasteiger partial charge is 0.381 e. The van der Waals surface area contributed by atoms with E-state index in [9.17, 15) is 8.42 Å². The highest BCUT2D eigenvalue weighted by atomic mass is 32.2. The Labute approximate surface area is 137 Å². The zero-order valence-corrected chi connectivity index (χ0v) is 14.4. The molecule has 0 saturated heterocycles. The Hall–Kier alpha value is -2.08. The summed E-state index contributed by atoms with van der Waals surface area (Å²) in [4.78, 5) is 4.52. The molecule has 23 heavy (non-hydrogen) atoms. The van der Waals surface area contributed by atoms with Gasteiger partial charge in [0.15, 0.2) is 0 Å². The number of nitrogens with one attached hydrogen (secondary N) is 2. The number of rotatable bonds is 5. The molecule has 1 aromatic carbocycles. The van der Waals surface area contributed by atoms with Gasteiger partial charge in [0, 0.05) is 6.04 Å². The maximum Gasteiger partial charge on any atom is 0.263 e. The highest BCUT2D eigenvalue weighted by Crippen LogP contribution is 2.26. The van der Waals surface area contributed by atoms with Crippen LogP contribution in [-0.2, 0) is 10.0 Å². The van der Waals surface area contributed by atoms with Gasteiger partial charge in [-0.1, -0.05) is 17.7 Å². The topological polar surface area (TPSA) is 71.1 Å². The second-order valence-corrected chi connectivity index (χ2v) is 7.80. The van der Waals surface area contributed by atoms with Gasteiger partial charge >= 0.3 is 0 Å². The molecular formula is C17H21N3O2S. The fraction of sp³-hybridized carbons (Fsp3) is 0.353. The molecule has 0 spiro atoms. The Morgan fingerprint density at radius 1 is 1.09 bits per heavy atom. The van der Waals surface area contributed by atoms with Crippen LogP contribution in [-0.4, -0.2) is 19.4 Å². The Kier molecular flexibility index (Phi) is 4.02. The van der Waals surface area contributed by atoms with E-state index in [1.54, 1.807) is 12.3 Å². The third-order valence-electron chi connectivity index (χ3n) is 3.82. The minimum Gasteiger partial charge on any atom is -0.381 e. The summed E-state index contributed by atoms with van der Waals surface area (Å²) in [7, 11) is -3.65. The molecule has 5 nitrogen and oxygen atoms in total. The van der Waals surface area contributed by atoms with Crippen molar-refractivity contribution < 1.29 is 8.42 Å². The van der Waals surface area contributed by atoms with Gasteiger partial charge in [0.1, 0.15) is 5.82 Å². The number of benzene rings is 1. The number of aromatic nitrogens is 1. The molecular weight excluding hydrogens is 310 g/mol. The van der Waals surface area contributed by atoms with Gasteiger partial charge in [-0.25, -0.2) is 13.4 Å². The average molecular weight is 331 g/mol. The van der Waals surface area contributed by atoms with E-state index in [0.717, 1.165) is 22.4 Å². The number of hydrogen-bond acceptors (Lipinski definition) is 4. The summed E-state index contributed by atoms with van der Waals surface area (Å²) in [5, 5.41) is 3.32. The molecule has 0 radical (unpaired) electrons. The quantitative estimate of drug-likeness (QED) is 0.881. The van der Waals surface area contributed by atoms with Gasteiger partial charge in [0.2, 0.25) is 0 Å². The highest BCUT2D eigenvalue weighted by Gasteiger charge is 2.22. The van der Waals surface area contributed by atoms with E-state index in [2.05, 4.69) is 15.0 Å². The molecule has 0 bridgehead atoms. The lowest BCUT2D eigenvalue weighted by atomic mass is 10.1. The molecule has 1 fully saturated rings. The second-order valence-electron chi connectivity index (χ2n) is 6.18. The maximum atomic E-state index is 12.7. The molecule has 1 saturated carbocycles. The summed E-state index contributed by atoms with van der Waals surface area (Å²) in [5.41, 5.74) is 3.44. The Bertz CT molecular complexity index is 802. The number of aryl methyl sites for hydroxylation is 3. The van der Waals surface area contributed by atoms with Crippen LogP contribution in [0.4, 0.5) is 11.5 Å². The van der Waals surface area contributed by atoms with Crippen molar-refractivity contribution in [3.05, 3.63) is 47.2 Å². The van der Waals surface area contributed by atoms with Crippen LogP contribution in [0.1, 0.15) is 29.5 Å². The van der Waals surface area contributed by atoms with Gasteiger partial charge in [-0.2, -0.15) is 0 Å². The number of nitrogens with zero attached hydrogens (tertiary/aromatic N) is 1. The minimum absolute atomic E-state index is 0.324. The van der Waals surface area contributed by atoms with Crippen LogP contribution >= 0.6 is 0 Å². The standard InChI is InChI=1S/C17H21N3O2S/c1-11-8-12(2)17(13(3)9-11)23(21,22)20-16-7-6-15(10-18-16)19-14-4-5-14/h6-10,14,19H,4-5H2,1-3H3,(H,18,20). The summed E-state index contributed by atoms with van der Waals surface area (Å²) < 4.78 is 27.9. The lowest BCUT2D eigenvalue weighted by molar-refractivity contribution is 0.600. The Morgan fingerprint density at radius 2 is 1.74 bits per heavy atom. The smallest absolute Gasteiger partial charge is 0.263 e. The van der Waals surface area contributed by atoms with Gasteiger partial charge in [0.25, 0.3) is 10.0 Å². The number of anilines is 2. The Morgan fingerprint density at radius 3 is 2.26 bits per heavy atom.